The molecule has 0 fully saturated rings. The Morgan fingerprint density at radius 1 is 1.14 bits per heavy atom. The Hall–Kier alpha value is -2.11. The van der Waals surface area contributed by atoms with Gasteiger partial charge < -0.3 is 0 Å². The van der Waals surface area contributed by atoms with E-state index >= 15 is 0 Å². The molecule has 5 heteroatoms. The van der Waals surface area contributed by atoms with Crippen LogP contribution in [0, 0.1) is 22.7 Å². The molecule has 0 heterocycles. The van der Waals surface area contributed by atoms with Crippen molar-refractivity contribution in [2.45, 2.75) is 0 Å². The van der Waals surface area contributed by atoms with Gasteiger partial charge in [-0.1, -0.05) is 18.2 Å². The Morgan fingerprint density at radius 3 is 1.93 bits per heavy atom. The highest BCUT2D eigenvalue weighted by atomic mass is 32.2. The van der Waals surface area contributed by atoms with Crippen molar-refractivity contribution in [3.05, 3.63) is 35.9 Å². The SMILES string of the molecule is N#CC=S(=O)=O.N#Cc1ccccc1. The Labute approximate surface area is 83.2 Å². The first kappa shape index (κ1) is 11.9. The largest absolute Gasteiger partial charge is 0.224 e. The molecule has 0 aliphatic heterocycles. The smallest absolute Gasteiger partial charge is 0.192 e. The third-order valence-corrected chi connectivity index (χ3v) is 1.35. The van der Waals surface area contributed by atoms with E-state index < -0.39 is 10.3 Å². The summed E-state index contributed by atoms with van der Waals surface area (Å²) in [6.45, 7) is 0. The second-order valence-electron chi connectivity index (χ2n) is 1.99. The molecule has 0 bridgehead atoms. The third-order valence-electron chi connectivity index (χ3n) is 1.05. The van der Waals surface area contributed by atoms with E-state index in [1.54, 1.807) is 12.1 Å². The van der Waals surface area contributed by atoms with Crippen molar-refractivity contribution in [3.8, 4) is 12.1 Å². The van der Waals surface area contributed by atoms with Gasteiger partial charge in [-0.3, -0.25) is 0 Å². The standard InChI is InChI=1S/C7H5N.C2HNO2S/c8-6-7-4-2-1-3-5-7;3-1-2-6(4)5/h1-5H;2H. The quantitative estimate of drug-likeness (QED) is 0.586. The van der Waals surface area contributed by atoms with Crippen LogP contribution in [-0.4, -0.2) is 13.8 Å². The monoisotopic (exact) mass is 206 g/mol. The molecule has 4 nitrogen and oxygen atoms in total. The molecule has 14 heavy (non-hydrogen) atoms. The van der Waals surface area contributed by atoms with E-state index in [1.807, 2.05) is 24.3 Å². The van der Waals surface area contributed by atoms with Gasteiger partial charge in [-0.05, 0) is 12.1 Å². The fourth-order valence-electron chi connectivity index (χ4n) is 0.556. The lowest BCUT2D eigenvalue weighted by Gasteiger charge is -1.80. The minimum absolute atomic E-state index is 0.514. The van der Waals surface area contributed by atoms with Crippen LogP contribution in [0.4, 0.5) is 0 Å². The molecule has 0 spiro atoms. The molecular formula is C9H6N2O2S. The highest BCUT2D eigenvalue weighted by Crippen LogP contribution is 1.92. The van der Waals surface area contributed by atoms with Crippen LogP contribution in [0.2, 0.25) is 0 Å². The average Bonchev–Trinajstić information content (AvgIpc) is 2.20. The zero-order valence-corrected chi connectivity index (χ0v) is 7.90. The van der Waals surface area contributed by atoms with E-state index in [1.165, 1.54) is 6.07 Å². The number of nitriles is 2. The summed E-state index contributed by atoms with van der Waals surface area (Å²) in [4.78, 5) is 0. The van der Waals surface area contributed by atoms with Crippen LogP contribution in [0.3, 0.4) is 0 Å². The molecule has 1 aromatic carbocycles. The number of benzene rings is 1. The zero-order chi connectivity index (χ0) is 10.8. The minimum Gasteiger partial charge on any atom is -0.192 e. The van der Waals surface area contributed by atoms with Gasteiger partial charge in [0.1, 0.15) is 11.4 Å². The Bertz CT molecular complexity index is 470. The fourth-order valence-corrected chi connectivity index (χ4v) is 0.642. The van der Waals surface area contributed by atoms with Gasteiger partial charge in [0.15, 0.2) is 0 Å². The van der Waals surface area contributed by atoms with Gasteiger partial charge in [0, 0.05) is 0 Å². The normalized spacial score (nSPS) is 7.00. The number of nitrogens with zero attached hydrogens (tertiary/aromatic N) is 2. The molecule has 0 atom stereocenters. The predicted octanol–water partition coefficient (Wildman–Crippen LogP) is 0.750. The topological polar surface area (TPSA) is 81.7 Å². The van der Waals surface area contributed by atoms with E-state index in [4.69, 9.17) is 10.5 Å². The highest BCUT2D eigenvalue weighted by molar-refractivity contribution is 7.71. The molecule has 0 saturated heterocycles. The molecule has 1 aromatic rings. The molecule has 0 saturated carbocycles. The maximum absolute atomic E-state index is 9.32. The maximum Gasteiger partial charge on any atom is 0.224 e. The minimum atomic E-state index is -2.30. The molecular weight excluding hydrogens is 200 g/mol. The van der Waals surface area contributed by atoms with Crippen molar-refractivity contribution in [2.24, 2.45) is 0 Å². The van der Waals surface area contributed by atoms with Gasteiger partial charge in [-0.15, -0.1) is 0 Å². The number of rotatable bonds is 0. The van der Waals surface area contributed by atoms with Gasteiger partial charge >= 0.3 is 0 Å². The molecule has 1 rings (SSSR count). The van der Waals surface area contributed by atoms with Gasteiger partial charge in [-0.2, -0.15) is 18.9 Å². The number of hydrogen-bond donors (Lipinski definition) is 0. The summed E-state index contributed by atoms with van der Waals surface area (Å²) < 4.78 is 18.6. The van der Waals surface area contributed by atoms with Crippen LogP contribution in [0.15, 0.2) is 30.3 Å². The number of hydrogen-bond acceptors (Lipinski definition) is 4. The maximum atomic E-state index is 9.32. The van der Waals surface area contributed by atoms with Crippen LogP contribution >= 0.6 is 0 Å². The molecule has 0 amide bonds. The van der Waals surface area contributed by atoms with E-state index in [-0.39, 0.29) is 0 Å². The van der Waals surface area contributed by atoms with E-state index in [2.05, 4.69) is 0 Å². The Balaban J connectivity index is 0.000000255. The summed E-state index contributed by atoms with van der Waals surface area (Å²) in [5.74, 6) is 0. The van der Waals surface area contributed by atoms with Crippen LogP contribution in [0.5, 0.6) is 0 Å². The molecule has 70 valence electrons. The lowest BCUT2D eigenvalue weighted by Crippen LogP contribution is -1.66. The highest BCUT2D eigenvalue weighted by Gasteiger charge is 1.79. The third kappa shape index (κ3) is 6.59. The molecule has 0 unspecified atom stereocenters. The lowest BCUT2D eigenvalue weighted by molar-refractivity contribution is 0.627. The van der Waals surface area contributed by atoms with Gasteiger partial charge in [0.05, 0.1) is 11.6 Å². The van der Waals surface area contributed by atoms with Crippen molar-refractivity contribution >= 4 is 15.7 Å². The summed E-state index contributed by atoms with van der Waals surface area (Å²) in [5.41, 5.74) is 0.715. The van der Waals surface area contributed by atoms with Gasteiger partial charge in [-0.25, -0.2) is 0 Å². The first-order valence-electron chi connectivity index (χ1n) is 3.47. The Morgan fingerprint density at radius 2 is 1.71 bits per heavy atom. The second-order valence-corrected chi connectivity index (χ2v) is 2.74. The molecule has 0 aliphatic carbocycles. The van der Waals surface area contributed by atoms with Gasteiger partial charge in [0.25, 0.3) is 0 Å². The van der Waals surface area contributed by atoms with E-state index in [0.29, 0.717) is 10.9 Å². The summed E-state index contributed by atoms with van der Waals surface area (Å²) in [6, 6.07) is 12.5. The first-order chi connectivity index (χ1) is 6.70. The van der Waals surface area contributed by atoms with Crippen LogP contribution in [0.25, 0.3) is 0 Å². The van der Waals surface area contributed by atoms with Crippen molar-refractivity contribution < 1.29 is 8.42 Å². The predicted molar refractivity (Wildman–Crippen MR) is 51.8 cm³/mol. The van der Waals surface area contributed by atoms with E-state index in [9.17, 15) is 8.42 Å². The van der Waals surface area contributed by atoms with Crippen molar-refractivity contribution in [1.82, 2.24) is 0 Å². The Kier molecular flexibility index (Phi) is 6.40. The summed E-state index contributed by atoms with van der Waals surface area (Å²) in [5, 5.41) is 16.3. The summed E-state index contributed by atoms with van der Waals surface area (Å²) >= 11 is 0. The van der Waals surface area contributed by atoms with Crippen molar-refractivity contribution in [3.63, 3.8) is 0 Å². The summed E-state index contributed by atoms with van der Waals surface area (Å²) in [6.07, 6.45) is 0. The fraction of sp³-hybridized carbons (Fsp3) is 0. The molecule has 0 aliphatic rings. The molecule has 0 aromatic heterocycles. The van der Waals surface area contributed by atoms with E-state index in [0.717, 1.165) is 0 Å². The van der Waals surface area contributed by atoms with Crippen LogP contribution in [0.1, 0.15) is 5.56 Å². The zero-order valence-electron chi connectivity index (χ0n) is 7.08. The van der Waals surface area contributed by atoms with Crippen molar-refractivity contribution in [1.29, 1.82) is 10.5 Å². The summed E-state index contributed by atoms with van der Waals surface area (Å²) in [7, 11) is -2.30. The lowest BCUT2D eigenvalue weighted by atomic mass is 10.2. The van der Waals surface area contributed by atoms with Crippen molar-refractivity contribution in [2.75, 3.05) is 0 Å². The first-order valence-corrected chi connectivity index (χ1v) is 4.60. The van der Waals surface area contributed by atoms with Gasteiger partial charge in [0.2, 0.25) is 10.3 Å². The molecule has 0 N–H and O–H groups in total. The second kappa shape index (κ2) is 7.53. The van der Waals surface area contributed by atoms with Crippen LogP contribution < -0.4 is 0 Å². The molecule has 0 radical (unpaired) electrons. The van der Waals surface area contributed by atoms with Crippen LogP contribution in [-0.2, 0) is 10.3 Å². The average molecular weight is 206 g/mol.